The van der Waals surface area contributed by atoms with Crippen LogP contribution >= 0.6 is 11.6 Å². The number of aryl methyl sites for hydroxylation is 1. The molecule has 0 aliphatic carbocycles. The molecule has 0 heterocycles. The molecule has 1 aromatic carbocycles. The number of carbonyl (C=O) groups excluding carboxylic acids is 1. The Morgan fingerprint density at radius 1 is 1.41 bits per heavy atom. The van der Waals surface area contributed by atoms with Crippen LogP contribution in [0.25, 0.3) is 0 Å². The van der Waals surface area contributed by atoms with Crippen LogP contribution in [0.3, 0.4) is 0 Å². The Balaban J connectivity index is 2.25. The number of rotatable bonds is 6. The van der Waals surface area contributed by atoms with Crippen LogP contribution in [0.2, 0.25) is 0 Å². The minimum absolute atomic E-state index is 0.265. The fraction of sp³-hybridized carbons (Fsp3) is 0.462. The predicted octanol–water partition coefficient (Wildman–Crippen LogP) is 3.34. The summed E-state index contributed by atoms with van der Waals surface area (Å²) in [6, 6.07) is 10.1. The molecule has 0 amide bonds. The van der Waals surface area contributed by atoms with Crippen molar-refractivity contribution in [3.8, 4) is 0 Å². The smallest absolute Gasteiger partial charge is 0.406 e. The summed E-state index contributed by atoms with van der Waals surface area (Å²) >= 11 is 5.01. The lowest BCUT2D eigenvalue weighted by atomic mass is 9.98. The van der Waals surface area contributed by atoms with E-state index >= 15 is 0 Å². The van der Waals surface area contributed by atoms with Gasteiger partial charge in [-0.15, -0.1) is 0 Å². The molecule has 17 heavy (non-hydrogen) atoms. The summed E-state index contributed by atoms with van der Waals surface area (Å²) in [4.78, 5) is 10.4. The van der Waals surface area contributed by atoms with E-state index in [1.54, 1.807) is 0 Å². The second kappa shape index (κ2) is 7.30. The fourth-order valence-electron chi connectivity index (χ4n) is 1.67. The molecule has 1 rings (SSSR count). The van der Waals surface area contributed by atoms with Gasteiger partial charge in [0.15, 0.2) is 0 Å². The summed E-state index contributed by atoms with van der Waals surface area (Å²) in [5.41, 5.74) is 0.302. The lowest BCUT2D eigenvalue weighted by Crippen LogP contribution is -2.17. The molecule has 3 nitrogen and oxygen atoms in total. The summed E-state index contributed by atoms with van der Waals surface area (Å²) in [6.07, 6.45) is 1.18. The molecule has 0 aliphatic heterocycles. The monoisotopic (exact) mass is 256 g/mol. The van der Waals surface area contributed by atoms with Crippen LogP contribution in [0.15, 0.2) is 30.3 Å². The van der Waals surface area contributed by atoms with Gasteiger partial charge in [0.2, 0.25) is 6.29 Å². The van der Waals surface area contributed by atoms with Gasteiger partial charge in [0.25, 0.3) is 0 Å². The first-order valence-corrected chi connectivity index (χ1v) is 6.04. The number of ether oxygens (including phenoxy) is 1. The summed E-state index contributed by atoms with van der Waals surface area (Å²) in [7, 11) is 0. The quantitative estimate of drug-likeness (QED) is 0.627. The molecule has 0 fully saturated rings. The Hall–Kier alpha value is -1.06. The van der Waals surface area contributed by atoms with E-state index in [0.717, 1.165) is 12.8 Å². The lowest BCUT2D eigenvalue weighted by Gasteiger charge is -2.15. The molecule has 1 N–H and O–H groups in total. The molecule has 0 saturated heterocycles. The normalized spacial score (nSPS) is 14.1. The minimum atomic E-state index is -1.11. The number of aliphatic hydroxyl groups is 1. The highest BCUT2D eigenvalue weighted by molar-refractivity contribution is 6.61. The molecule has 0 saturated carbocycles. The van der Waals surface area contributed by atoms with Crippen molar-refractivity contribution in [2.24, 2.45) is 5.92 Å². The first-order chi connectivity index (χ1) is 8.08. The predicted molar refractivity (Wildman–Crippen MR) is 66.9 cm³/mol. The van der Waals surface area contributed by atoms with Gasteiger partial charge >= 0.3 is 5.43 Å². The van der Waals surface area contributed by atoms with E-state index in [2.05, 4.69) is 16.9 Å². The molecule has 0 aromatic heterocycles. The van der Waals surface area contributed by atoms with E-state index in [4.69, 9.17) is 11.6 Å². The third-order valence-electron chi connectivity index (χ3n) is 2.60. The van der Waals surface area contributed by atoms with Crippen LogP contribution in [-0.2, 0) is 11.2 Å². The molecule has 1 aromatic rings. The number of benzene rings is 1. The summed E-state index contributed by atoms with van der Waals surface area (Å²) in [6.45, 7) is 2.01. The van der Waals surface area contributed by atoms with Crippen LogP contribution < -0.4 is 0 Å². The molecule has 0 spiro atoms. The Bertz CT molecular complexity index is 340. The van der Waals surface area contributed by atoms with Crippen molar-refractivity contribution >= 4 is 17.0 Å². The molecule has 4 heteroatoms. The molecular formula is C13H17ClO3. The SMILES string of the molecule is CC(CCc1ccccc1)CC(O)OC(=O)Cl. The molecule has 0 aliphatic rings. The van der Waals surface area contributed by atoms with E-state index in [-0.39, 0.29) is 5.92 Å². The van der Waals surface area contributed by atoms with Crippen molar-refractivity contribution in [3.63, 3.8) is 0 Å². The number of carbonyl (C=O) groups is 1. The van der Waals surface area contributed by atoms with E-state index in [0.29, 0.717) is 6.42 Å². The zero-order valence-electron chi connectivity index (χ0n) is 9.80. The van der Waals surface area contributed by atoms with Gasteiger partial charge in [-0.25, -0.2) is 4.79 Å². The van der Waals surface area contributed by atoms with Crippen LogP contribution in [0.1, 0.15) is 25.3 Å². The third kappa shape index (κ3) is 6.29. The highest BCUT2D eigenvalue weighted by atomic mass is 35.5. The first kappa shape index (κ1) is 14.0. The van der Waals surface area contributed by atoms with Crippen molar-refractivity contribution < 1.29 is 14.6 Å². The molecule has 94 valence electrons. The summed E-state index contributed by atoms with van der Waals surface area (Å²) < 4.78 is 4.45. The van der Waals surface area contributed by atoms with Crippen molar-refractivity contribution in [1.29, 1.82) is 0 Å². The van der Waals surface area contributed by atoms with Crippen molar-refractivity contribution in [3.05, 3.63) is 35.9 Å². The van der Waals surface area contributed by atoms with Crippen LogP contribution in [0.5, 0.6) is 0 Å². The van der Waals surface area contributed by atoms with Gasteiger partial charge in [0.05, 0.1) is 0 Å². The number of halogens is 1. The number of hydrogen-bond donors (Lipinski definition) is 1. The number of aliphatic hydroxyl groups excluding tert-OH is 1. The van der Waals surface area contributed by atoms with Gasteiger partial charge in [-0.05, 0) is 24.3 Å². The molecule has 0 radical (unpaired) electrons. The van der Waals surface area contributed by atoms with E-state index in [1.165, 1.54) is 5.56 Å². The third-order valence-corrected chi connectivity index (χ3v) is 2.69. The van der Waals surface area contributed by atoms with Crippen molar-refractivity contribution in [1.82, 2.24) is 0 Å². The fourth-order valence-corrected chi connectivity index (χ4v) is 1.78. The Labute approximate surface area is 106 Å². The van der Waals surface area contributed by atoms with Gasteiger partial charge in [-0.2, -0.15) is 0 Å². The Kier molecular flexibility index (Phi) is 6.01. The second-order valence-electron chi connectivity index (χ2n) is 4.18. The number of hydrogen-bond acceptors (Lipinski definition) is 3. The minimum Gasteiger partial charge on any atom is -0.424 e. The molecule has 2 unspecified atom stereocenters. The zero-order chi connectivity index (χ0) is 12.7. The topological polar surface area (TPSA) is 46.5 Å². The molecule has 0 bridgehead atoms. The van der Waals surface area contributed by atoms with E-state index in [9.17, 15) is 9.90 Å². The van der Waals surface area contributed by atoms with E-state index in [1.807, 2.05) is 25.1 Å². The van der Waals surface area contributed by atoms with Crippen molar-refractivity contribution in [2.45, 2.75) is 32.5 Å². The Morgan fingerprint density at radius 2 is 2.06 bits per heavy atom. The van der Waals surface area contributed by atoms with Gasteiger partial charge < -0.3 is 9.84 Å². The maximum Gasteiger partial charge on any atom is 0.406 e. The maximum atomic E-state index is 10.4. The average molecular weight is 257 g/mol. The largest absolute Gasteiger partial charge is 0.424 e. The van der Waals surface area contributed by atoms with E-state index < -0.39 is 11.7 Å². The van der Waals surface area contributed by atoms with Crippen LogP contribution in [0.4, 0.5) is 4.79 Å². The standard InChI is InChI=1S/C13H17ClO3/c1-10(9-12(15)17-13(14)16)7-8-11-5-3-2-4-6-11/h2-6,10,12,15H,7-9H2,1H3. The van der Waals surface area contributed by atoms with Gasteiger partial charge in [-0.3, -0.25) is 0 Å². The molecular weight excluding hydrogens is 240 g/mol. The van der Waals surface area contributed by atoms with Crippen LogP contribution in [-0.4, -0.2) is 16.8 Å². The summed E-state index contributed by atoms with van der Waals surface area (Å²) in [5.74, 6) is 0.265. The van der Waals surface area contributed by atoms with Crippen LogP contribution in [0, 0.1) is 5.92 Å². The molecule has 2 atom stereocenters. The maximum absolute atomic E-state index is 10.4. The van der Waals surface area contributed by atoms with Gasteiger partial charge in [0, 0.05) is 18.0 Å². The average Bonchev–Trinajstić information content (AvgIpc) is 2.26. The second-order valence-corrected chi connectivity index (χ2v) is 4.48. The first-order valence-electron chi connectivity index (χ1n) is 5.66. The Morgan fingerprint density at radius 3 is 2.65 bits per heavy atom. The highest BCUT2D eigenvalue weighted by Gasteiger charge is 2.13. The highest BCUT2D eigenvalue weighted by Crippen LogP contribution is 2.15. The lowest BCUT2D eigenvalue weighted by molar-refractivity contribution is -0.0559. The zero-order valence-corrected chi connectivity index (χ0v) is 10.6. The van der Waals surface area contributed by atoms with Gasteiger partial charge in [-0.1, -0.05) is 37.3 Å². The van der Waals surface area contributed by atoms with Gasteiger partial charge in [0.1, 0.15) is 0 Å². The summed E-state index contributed by atoms with van der Waals surface area (Å²) in [5, 5.41) is 9.36. The van der Waals surface area contributed by atoms with Crippen molar-refractivity contribution in [2.75, 3.05) is 0 Å².